The molecular formula is C18H27N3O2. The van der Waals surface area contributed by atoms with Crippen LogP contribution < -0.4 is 10.6 Å². The predicted octanol–water partition coefficient (Wildman–Crippen LogP) is 1.78. The molecule has 1 saturated heterocycles. The molecule has 0 spiro atoms. The van der Waals surface area contributed by atoms with Gasteiger partial charge in [-0.05, 0) is 56.0 Å². The second-order valence-corrected chi connectivity index (χ2v) is 6.41. The molecule has 0 bridgehead atoms. The van der Waals surface area contributed by atoms with Crippen LogP contribution in [0.15, 0.2) is 24.3 Å². The van der Waals surface area contributed by atoms with Crippen molar-refractivity contribution in [2.24, 2.45) is 5.92 Å². The van der Waals surface area contributed by atoms with E-state index in [4.69, 9.17) is 0 Å². The van der Waals surface area contributed by atoms with Crippen LogP contribution in [0.3, 0.4) is 0 Å². The molecule has 1 aliphatic rings. The number of carbonyl (C=O) groups is 2. The van der Waals surface area contributed by atoms with Crippen molar-refractivity contribution in [1.82, 2.24) is 15.5 Å². The van der Waals surface area contributed by atoms with Gasteiger partial charge in [0, 0.05) is 32.6 Å². The molecule has 1 fully saturated rings. The average molecular weight is 317 g/mol. The SMILES string of the molecule is CN(C)C(=O)c1ccc(CNC(=O)CCC2CCNCC2)cc1. The molecule has 0 saturated carbocycles. The molecule has 1 heterocycles. The van der Waals surface area contributed by atoms with Gasteiger partial charge in [-0.3, -0.25) is 9.59 Å². The highest BCUT2D eigenvalue weighted by atomic mass is 16.2. The minimum Gasteiger partial charge on any atom is -0.352 e. The molecule has 1 aliphatic heterocycles. The zero-order valence-electron chi connectivity index (χ0n) is 14.1. The molecule has 5 nitrogen and oxygen atoms in total. The molecule has 1 aromatic carbocycles. The monoisotopic (exact) mass is 317 g/mol. The Morgan fingerprint density at radius 2 is 1.83 bits per heavy atom. The van der Waals surface area contributed by atoms with Crippen LogP contribution >= 0.6 is 0 Å². The first-order chi connectivity index (χ1) is 11.1. The highest BCUT2D eigenvalue weighted by molar-refractivity contribution is 5.93. The average Bonchev–Trinajstić information content (AvgIpc) is 2.58. The van der Waals surface area contributed by atoms with Crippen LogP contribution in [-0.4, -0.2) is 43.9 Å². The number of benzene rings is 1. The van der Waals surface area contributed by atoms with Crippen molar-refractivity contribution in [3.8, 4) is 0 Å². The number of nitrogens with zero attached hydrogens (tertiary/aromatic N) is 1. The molecule has 0 aromatic heterocycles. The van der Waals surface area contributed by atoms with Crippen LogP contribution in [0.2, 0.25) is 0 Å². The number of hydrogen-bond acceptors (Lipinski definition) is 3. The van der Waals surface area contributed by atoms with Gasteiger partial charge in [-0.1, -0.05) is 12.1 Å². The lowest BCUT2D eigenvalue weighted by molar-refractivity contribution is -0.121. The van der Waals surface area contributed by atoms with Gasteiger partial charge in [0.15, 0.2) is 0 Å². The van der Waals surface area contributed by atoms with Crippen LogP contribution in [0.4, 0.5) is 0 Å². The van der Waals surface area contributed by atoms with Crippen LogP contribution in [-0.2, 0) is 11.3 Å². The topological polar surface area (TPSA) is 61.4 Å². The summed E-state index contributed by atoms with van der Waals surface area (Å²) >= 11 is 0. The molecule has 0 atom stereocenters. The molecule has 0 radical (unpaired) electrons. The van der Waals surface area contributed by atoms with Crippen molar-refractivity contribution < 1.29 is 9.59 Å². The number of hydrogen-bond donors (Lipinski definition) is 2. The Morgan fingerprint density at radius 3 is 2.43 bits per heavy atom. The van der Waals surface area contributed by atoms with E-state index >= 15 is 0 Å². The summed E-state index contributed by atoms with van der Waals surface area (Å²) in [6, 6.07) is 7.39. The van der Waals surface area contributed by atoms with Gasteiger partial charge in [0.2, 0.25) is 5.91 Å². The fourth-order valence-corrected chi connectivity index (χ4v) is 2.82. The third-order valence-electron chi connectivity index (χ3n) is 4.34. The number of piperidine rings is 1. The second-order valence-electron chi connectivity index (χ2n) is 6.41. The van der Waals surface area contributed by atoms with Crippen LogP contribution in [0.1, 0.15) is 41.6 Å². The van der Waals surface area contributed by atoms with E-state index in [1.54, 1.807) is 31.1 Å². The lowest BCUT2D eigenvalue weighted by atomic mass is 9.93. The summed E-state index contributed by atoms with van der Waals surface area (Å²) in [5, 5.41) is 6.30. The van der Waals surface area contributed by atoms with E-state index in [1.807, 2.05) is 12.1 Å². The van der Waals surface area contributed by atoms with Gasteiger partial charge in [-0.25, -0.2) is 0 Å². The van der Waals surface area contributed by atoms with Crippen molar-refractivity contribution >= 4 is 11.8 Å². The summed E-state index contributed by atoms with van der Waals surface area (Å²) in [5.41, 5.74) is 1.67. The van der Waals surface area contributed by atoms with E-state index in [9.17, 15) is 9.59 Å². The summed E-state index contributed by atoms with van der Waals surface area (Å²) in [4.78, 5) is 25.3. The Bertz CT molecular complexity index is 520. The van der Waals surface area contributed by atoms with Crippen LogP contribution in [0.5, 0.6) is 0 Å². The standard InChI is InChI=1S/C18H27N3O2/c1-21(2)18(23)16-6-3-15(4-7-16)13-20-17(22)8-5-14-9-11-19-12-10-14/h3-4,6-7,14,19H,5,8-13H2,1-2H3,(H,20,22). The smallest absolute Gasteiger partial charge is 0.253 e. The molecule has 0 aliphatic carbocycles. The van der Waals surface area contributed by atoms with Gasteiger partial charge in [-0.15, -0.1) is 0 Å². The summed E-state index contributed by atoms with van der Waals surface area (Å²) in [5.74, 6) is 0.776. The van der Waals surface area contributed by atoms with E-state index in [0.29, 0.717) is 24.4 Å². The van der Waals surface area contributed by atoms with E-state index in [1.165, 1.54) is 12.8 Å². The maximum absolute atomic E-state index is 11.9. The van der Waals surface area contributed by atoms with Crippen molar-refractivity contribution in [3.05, 3.63) is 35.4 Å². The third-order valence-corrected chi connectivity index (χ3v) is 4.34. The minimum absolute atomic E-state index is 0.0115. The van der Waals surface area contributed by atoms with Gasteiger partial charge in [0.1, 0.15) is 0 Å². The summed E-state index contributed by atoms with van der Waals surface area (Å²) < 4.78 is 0. The molecule has 5 heteroatoms. The van der Waals surface area contributed by atoms with Crippen molar-refractivity contribution in [1.29, 1.82) is 0 Å². The number of amides is 2. The fraction of sp³-hybridized carbons (Fsp3) is 0.556. The highest BCUT2D eigenvalue weighted by Crippen LogP contribution is 2.17. The quantitative estimate of drug-likeness (QED) is 0.841. The minimum atomic E-state index is -0.0115. The maximum Gasteiger partial charge on any atom is 0.253 e. The van der Waals surface area contributed by atoms with Crippen LogP contribution in [0.25, 0.3) is 0 Å². The molecular weight excluding hydrogens is 290 g/mol. The van der Waals surface area contributed by atoms with E-state index in [2.05, 4.69) is 10.6 Å². The number of nitrogens with one attached hydrogen (secondary N) is 2. The Morgan fingerprint density at radius 1 is 1.17 bits per heavy atom. The Kier molecular flexibility index (Phi) is 6.59. The molecule has 2 amide bonds. The second kappa shape index (κ2) is 8.67. The number of carbonyl (C=O) groups excluding carboxylic acids is 2. The summed E-state index contributed by atoms with van der Waals surface area (Å²) in [7, 11) is 3.47. The van der Waals surface area contributed by atoms with E-state index in [-0.39, 0.29) is 11.8 Å². The first kappa shape index (κ1) is 17.5. The summed E-state index contributed by atoms with van der Waals surface area (Å²) in [6.07, 6.45) is 3.93. The predicted molar refractivity (Wildman–Crippen MR) is 91.1 cm³/mol. The third kappa shape index (κ3) is 5.67. The van der Waals surface area contributed by atoms with Crippen LogP contribution in [0, 0.1) is 5.92 Å². The first-order valence-electron chi connectivity index (χ1n) is 8.34. The van der Waals surface area contributed by atoms with E-state index in [0.717, 1.165) is 25.1 Å². The summed E-state index contributed by atoms with van der Waals surface area (Å²) in [6.45, 7) is 2.66. The highest BCUT2D eigenvalue weighted by Gasteiger charge is 2.14. The molecule has 1 aromatic rings. The lowest BCUT2D eigenvalue weighted by Crippen LogP contribution is -2.29. The first-order valence-corrected chi connectivity index (χ1v) is 8.34. The number of rotatable bonds is 6. The van der Waals surface area contributed by atoms with E-state index < -0.39 is 0 Å². The van der Waals surface area contributed by atoms with Gasteiger partial charge >= 0.3 is 0 Å². The molecule has 126 valence electrons. The van der Waals surface area contributed by atoms with Gasteiger partial charge < -0.3 is 15.5 Å². The fourth-order valence-electron chi connectivity index (χ4n) is 2.82. The Balaban J connectivity index is 1.72. The maximum atomic E-state index is 11.9. The zero-order chi connectivity index (χ0) is 16.7. The Labute approximate surface area is 138 Å². The molecule has 0 unspecified atom stereocenters. The van der Waals surface area contributed by atoms with Crippen molar-refractivity contribution in [2.75, 3.05) is 27.2 Å². The normalized spacial score (nSPS) is 15.2. The van der Waals surface area contributed by atoms with Gasteiger partial charge in [-0.2, -0.15) is 0 Å². The lowest BCUT2D eigenvalue weighted by Gasteiger charge is -2.22. The zero-order valence-corrected chi connectivity index (χ0v) is 14.1. The van der Waals surface area contributed by atoms with Gasteiger partial charge in [0.05, 0.1) is 0 Å². The molecule has 2 rings (SSSR count). The largest absolute Gasteiger partial charge is 0.352 e. The Hall–Kier alpha value is -1.88. The molecule has 23 heavy (non-hydrogen) atoms. The molecule has 2 N–H and O–H groups in total. The van der Waals surface area contributed by atoms with Crippen molar-refractivity contribution in [2.45, 2.75) is 32.2 Å². The van der Waals surface area contributed by atoms with Crippen molar-refractivity contribution in [3.63, 3.8) is 0 Å². The van der Waals surface area contributed by atoms with Gasteiger partial charge in [0.25, 0.3) is 5.91 Å².